The van der Waals surface area contributed by atoms with Gasteiger partial charge in [-0.3, -0.25) is 9.48 Å². The molecule has 0 aliphatic carbocycles. The molecular weight excluding hydrogens is 228 g/mol. The maximum atomic E-state index is 11.2. The Labute approximate surface area is 106 Å². The molecule has 0 aliphatic rings. The van der Waals surface area contributed by atoms with Crippen molar-refractivity contribution in [3.63, 3.8) is 0 Å². The fraction of sp³-hybridized carbons (Fsp3) is 0.231. The van der Waals surface area contributed by atoms with Crippen LogP contribution in [0.1, 0.15) is 23.0 Å². The van der Waals surface area contributed by atoms with E-state index < -0.39 is 0 Å². The van der Waals surface area contributed by atoms with Crippen molar-refractivity contribution < 1.29 is 4.79 Å². The number of nitrogens with two attached hydrogens (primary N) is 1. The number of nitrogens with one attached hydrogen (secondary N) is 1. The fourth-order valence-corrected chi connectivity index (χ4v) is 1.74. The molecule has 0 saturated heterocycles. The Hall–Kier alpha value is -2.30. The van der Waals surface area contributed by atoms with Crippen LogP contribution in [0.2, 0.25) is 0 Å². The van der Waals surface area contributed by atoms with Crippen molar-refractivity contribution in [2.24, 2.45) is 7.05 Å². The van der Waals surface area contributed by atoms with Crippen LogP contribution in [0.4, 0.5) is 11.4 Å². The molecular formula is C13H16N4O. The Morgan fingerprint density at radius 1 is 1.44 bits per heavy atom. The van der Waals surface area contributed by atoms with Crippen molar-refractivity contribution in [3.05, 3.63) is 41.7 Å². The Morgan fingerprint density at radius 3 is 2.78 bits per heavy atom. The minimum absolute atomic E-state index is 0.0243. The molecule has 3 N–H and O–H groups in total. The van der Waals surface area contributed by atoms with Crippen molar-refractivity contribution in [2.45, 2.75) is 13.5 Å². The molecule has 1 aromatic heterocycles. The third kappa shape index (κ3) is 2.68. The van der Waals surface area contributed by atoms with E-state index >= 15 is 0 Å². The number of aromatic nitrogens is 2. The molecule has 0 amide bonds. The average Bonchev–Trinajstić information content (AvgIpc) is 2.72. The second-order valence-electron chi connectivity index (χ2n) is 4.19. The normalized spacial score (nSPS) is 10.3. The quantitative estimate of drug-likeness (QED) is 0.635. The van der Waals surface area contributed by atoms with Crippen LogP contribution < -0.4 is 11.1 Å². The minimum Gasteiger partial charge on any atom is -0.398 e. The lowest BCUT2D eigenvalue weighted by molar-refractivity contribution is 0.101. The van der Waals surface area contributed by atoms with Crippen LogP contribution in [0.25, 0.3) is 0 Å². The Bertz CT molecular complexity index is 574. The molecule has 2 rings (SSSR count). The van der Waals surface area contributed by atoms with E-state index in [1.807, 2.05) is 25.4 Å². The molecule has 0 bridgehead atoms. The van der Waals surface area contributed by atoms with Crippen molar-refractivity contribution in [1.82, 2.24) is 9.78 Å². The molecule has 5 nitrogen and oxygen atoms in total. The molecule has 94 valence electrons. The third-order valence-corrected chi connectivity index (χ3v) is 2.67. The standard InChI is InChI=1S/C13H16N4O/c1-9(18)12-4-3-10(7-13(12)14)15-8-11-5-6-17(2)16-11/h3-7,15H,8,14H2,1-2H3. The monoisotopic (exact) mass is 244 g/mol. The van der Waals surface area contributed by atoms with Gasteiger partial charge in [0.05, 0.1) is 12.2 Å². The predicted molar refractivity (Wildman–Crippen MR) is 71.4 cm³/mol. The molecule has 0 unspecified atom stereocenters. The van der Waals surface area contributed by atoms with E-state index in [4.69, 9.17) is 5.73 Å². The number of anilines is 2. The van der Waals surface area contributed by atoms with Crippen LogP contribution in [0.3, 0.4) is 0 Å². The van der Waals surface area contributed by atoms with Crippen molar-refractivity contribution in [1.29, 1.82) is 0 Å². The van der Waals surface area contributed by atoms with Gasteiger partial charge in [0.15, 0.2) is 5.78 Å². The predicted octanol–water partition coefficient (Wildman–Crippen LogP) is 1.82. The summed E-state index contributed by atoms with van der Waals surface area (Å²) in [6.07, 6.45) is 1.89. The van der Waals surface area contributed by atoms with E-state index in [2.05, 4.69) is 10.4 Å². The van der Waals surface area contributed by atoms with Gasteiger partial charge in [-0.25, -0.2) is 0 Å². The van der Waals surface area contributed by atoms with Crippen LogP contribution >= 0.6 is 0 Å². The number of nitrogens with zero attached hydrogens (tertiary/aromatic N) is 2. The minimum atomic E-state index is -0.0243. The van der Waals surface area contributed by atoms with Gasteiger partial charge >= 0.3 is 0 Å². The van der Waals surface area contributed by atoms with Crippen LogP contribution in [0.5, 0.6) is 0 Å². The van der Waals surface area contributed by atoms with Gasteiger partial charge in [-0.1, -0.05) is 0 Å². The zero-order chi connectivity index (χ0) is 13.1. The number of nitrogen functional groups attached to an aromatic ring is 1. The Kier molecular flexibility index (Phi) is 3.32. The zero-order valence-electron chi connectivity index (χ0n) is 10.5. The summed E-state index contributed by atoms with van der Waals surface area (Å²) in [4.78, 5) is 11.2. The lowest BCUT2D eigenvalue weighted by Crippen LogP contribution is -2.04. The summed E-state index contributed by atoms with van der Waals surface area (Å²) in [5.74, 6) is -0.0243. The first kappa shape index (κ1) is 12.2. The number of Topliss-reactive ketones (excluding diaryl/α,β-unsaturated/α-hetero) is 1. The molecule has 0 aliphatic heterocycles. The summed E-state index contributed by atoms with van der Waals surface area (Å²) in [5, 5.41) is 7.48. The van der Waals surface area contributed by atoms with E-state index in [1.54, 1.807) is 16.8 Å². The summed E-state index contributed by atoms with van der Waals surface area (Å²) >= 11 is 0. The second-order valence-corrected chi connectivity index (χ2v) is 4.19. The summed E-state index contributed by atoms with van der Waals surface area (Å²) in [6, 6.07) is 7.29. The largest absolute Gasteiger partial charge is 0.398 e. The molecule has 1 heterocycles. The van der Waals surface area contributed by atoms with E-state index in [9.17, 15) is 4.79 Å². The van der Waals surface area contributed by atoms with Gasteiger partial charge in [-0.05, 0) is 31.2 Å². The van der Waals surface area contributed by atoms with E-state index in [0.29, 0.717) is 17.8 Å². The highest BCUT2D eigenvalue weighted by Gasteiger charge is 2.05. The van der Waals surface area contributed by atoms with Gasteiger partial charge in [-0.2, -0.15) is 5.10 Å². The average molecular weight is 244 g/mol. The van der Waals surface area contributed by atoms with Gasteiger partial charge in [0.25, 0.3) is 0 Å². The zero-order valence-corrected chi connectivity index (χ0v) is 10.5. The van der Waals surface area contributed by atoms with Crippen LogP contribution in [0, 0.1) is 0 Å². The Balaban J connectivity index is 2.06. The molecule has 0 spiro atoms. The molecule has 0 atom stereocenters. The molecule has 0 saturated carbocycles. The summed E-state index contributed by atoms with van der Waals surface area (Å²) in [6.45, 7) is 2.13. The summed E-state index contributed by atoms with van der Waals surface area (Å²) < 4.78 is 1.75. The van der Waals surface area contributed by atoms with Gasteiger partial charge < -0.3 is 11.1 Å². The number of rotatable bonds is 4. The van der Waals surface area contributed by atoms with Crippen molar-refractivity contribution in [2.75, 3.05) is 11.1 Å². The highest BCUT2D eigenvalue weighted by molar-refractivity contribution is 5.99. The number of benzene rings is 1. The van der Waals surface area contributed by atoms with Gasteiger partial charge in [0.2, 0.25) is 0 Å². The van der Waals surface area contributed by atoms with E-state index in [0.717, 1.165) is 11.4 Å². The topological polar surface area (TPSA) is 72.9 Å². The van der Waals surface area contributed by atoms with E-state index in [-0.39, 0.29) is 5.78 Å². The van der Waals surface area contributed by atoms with Crippen molar-refractivity contribution in [3.8, 4) is 0 Å². The molecule has 0 radical (unpaired) electrons. The second kappa shape index (κ2) is 4.91. The SMILES string of the molecule is CC(=O)c1ccc(NCc2ccn(C)n2)cc1N. The smallest absolute Gasteiger partial charge is 0.161 e. The molecule has 0 fully saturated rings. The highest BCUT2D eigenvalue weighted by Crippen LogP contribution is 2.18. The number of aryl methyl sites for hydroxylation is 1. The number of carbonyl (C=O) groups excluding carboxylic acids is 1. The third-order valence-electron chi connectivity index (χ3n) is 2.67. The maximum Gasteiger partial charge on any atom is 0.161 e. The highest BCUT2D eigenvalue weighted by atomic mass is 16.1. The van der Waals surface area contributed by atoms with Gasteiger partial charge in [0.1, 0.15) is 0 Å². The first-order chi connectivity index (χ1) is 8.56. The van der Waals surface area contributed by atoms with Crippen LogP contribution in [-0.4, -0.2) is 15.6 Å². The van der Waals surface area contributed by atoms with E-state index in [1.165, 1.54) is 6.92 Å². The first-order valence-electron chi connectivity index (χ1n) is 5.69. The lowest BCUT2D eigenvalue weighted by Gasteiger charge is -2.07. The van der Waals surface area contributed by atoms with Crippen molar-refractivity contribution >= 4 is 17.2 Å². The number of ketones is 1. The maximum absolute atomic E-state index is 11.2. The van der Waals surface area contributed by atoms with Crippen LogP contribution in [0.15, 0.2) is 30.5 Å². The van der Waals surface area contributed by atoms with Gasteiger partial charge in [0, 0.05) is 30.2 Å². The molecule has 1 aromatic carbocycles. The molecule has 2 aromatic rings. The summed E-state index contributed by atoms with van der Waals surface area (Å²) in [5.41, 5.74) is 8.69. The Morgan fingerprint density at radius 2 is 2.22 bits per heavy atom. The molecule has 5 heteroatoms. The summed E-state index contributed by atoms with van der Waals surface area (Å²) in [7, 11) is 1.88. The fourth-order valence-electron chi connectivity index (χ4n) is 1.74. The van der Waals surface area contributed by atoms with Crippen LogP contribution in [-0.2, 0) is 13.6 Å². The first-order valence-corrected chi connectivity index (χ1v) is 5.69. The number of hydrogen-bond donors (Lipinski definition) is 2. The number of carbonyl (C=O) groups is 1. The lowest BCUT2D eigenvalue weighted by atomic mass is 10.1. The van der Waals surface area contributed by atoms with Gasteiger partial charge in [-0.15, -0.1) is 0 Å². The molecule has 18 heavy (non-hydrogen) atoms. The number of hydrogen-bond acceptors (Lipinski definition) is 4.